The first-order chi connectivity index (χ1) is 15.6. The van der Waals surface area contributed by atoms with Crippen LogP contribution in [-0.2, 0) is 11.2 Å². The normalized spacial score (nSPS) is 15.9. The summed E-state index contributed by atoms with van der Waals surface area (Å²) in [5.74, 6) is 0.974. The monoisotopic (exact) mass is 432 g/mol. The Balaban J connectivity index is 1.39. The molecule has 8 nitrogen and oxygen atoms in total. The molecule has 0 bridgehead atoms. The Kier molecular flexibility index (Phi) is 6.69. The van der Waals surface area contributed by atoms with Gasteiger partial charge in [-0.25, -0.2) is 4.98 Å². The van der Waals surface area contributed by atoms with Crippen LogP contribution < -0.4 is 15.8 Å². The Bertz CT molecular complexity index is 1110. The van der Waals surface area contributed by atoms with Gasteiger partial charge in [-0.15, -0.1) is 0 Å². The molecule has 4 N–H and O–H groups in total. The lowest BCUT2D eigenvalue weighted by atomic mass is 9.97. The lowest BCUT2D eigenvalue weighted by Crippen LogP contribution is -2.46. The van der Waals surface area contributed by atoms with Crippen molar-refractivity contribution in [1.29, 1.82) is 5.26 Å². The van der Waals surface area contributed by atoms with Crippen molar-refractivity contribution in [3.05, 3.63) is 53.9 Å². The van der Waals surface area contributed by atoms with E-state index in [1.165, 1.54) is 0 Å². The number of H-pyrrole nitrogens is 1. The van der Waals surface area contributed by atoms with E-state index < -0.39 is 0 Å². The summed E-state index contributed by atoms with van der Waals surface area (Å²) in [5, 5.41) is 13.2. The van der Waals surface area contributed by atoms with Crippen molar-refractivity contribution in [3.8, 4) is 17.6 Å². The molecule has 0 radical (unpaired) electrons. The molecule has 1 aliphatic heterocycles. The van der Waals surface area contributed by atoms with Crippen LogP contribution in [-0.4, -0.2) is 53.5 Å². The molecule has 4 rings (SSSR count). The summed E-state index contributed by atoms with van der Waals surface area (Å²) >= 11 is 0. The smallest absolute Gasteiger partial charge is 0.224 e. The number of nitrogens with zero attached hydrogens (tertiary/aromatic N) is 3. The Morgan fingerprint density at radius 3 is 2.78 bits per heavy atom. The third kappa shape index (κ3) is 4.90. The Hall–Kier alpha value is -3.41. The summed E-state index contributed by atoms with van der Waals surface area (Å²) in [6.45, 7) is 2.31. The first-order valence-electron chi connectivity index (χ1n) is 10.9. The van der Waals surface area contributed by atoms with E-state index in [1.807, 2.05) is 24.3 Å². The number of hydrogen-bond acceptors (Lipinski definition) is 6. The molecule has 1 saturated heterocycles. The Morgan fingerprint density at radius 1 is 1.34 bits per heavy atom. The van der Waals surface area contributed by atoms with E-state index in [2.05, 4.69) is 33.3 Å². The predicted molar refractivity (Wildman–Crippen MR) is 122 cm³/mol. The highest BCUT2D eigenvalue weighted by Crippen LogP contribution is 2.31. The number of aromatic nitrogens is 2. The second-order valence-electron chi connectivity index (χ2n) is 8.32. The third-order valence-corrected chi connectivity index (χ3v) is 6.01. The highest BCUT2D eigenvalue weighted by atomic mass is 16.5. The fraction of sp³-hybridized carbons (Fsp3) is 0.375. The standard InChI is InChI=1S/C24H28N6O2/c1-30-10-7-19(8-11-30)29-24(31)17(13-25)12-16-2-4-20(5-3-16)32-21-6-9-27-23-22(21)18(14-26)15-28-23/h2-6,9,15,17,19H,7-8,10-13,25H2,1H3,(H,27,28)(H,29,31). The molecule has 2 aromatic heterocycles. The minimum absolute atomic E-state index is 0.0260. The number of carbonyl (C=O) groups is 1. The zero-order valence-electron chi connectivity index (χ0n) is 18.2. The highest BCUT2D eigenvalue weighted by Gasteiger charge is 2.23. The van der Waals surface area contributed by atoms with Crippen LogP contribution in [0.5, 0.6) is 11.5 Å². The Labute approximate surface area is 187 Å². The van der Waals surface area contributed by atoms with E-state index in [1.54, 1.807) is 18.5 Å². The molecular weight excluding hydrogens is 404 g/mol. The van der Waals surface area contributed by atoms with Gasteiger partial charge in [0.2, 0.25) is 5.91 Å². The minimum Gasteiger partial charge on any atom is -0.456 e. The minimum atomic E-state index is -0.265. The van der Waals surface area contributed by atoms with Crippen molar-refractivity contribution >= 4 is 16.9 Å². The van der Waals surface area contributed by atoms with Crippen LogP contribution in [0.25, 0.3) is 11.0 Å². The van der Waals surface area contributed by atoms with Gasteiger partial charge < -0.3 is 25.7 Å². The van der Waals surface area contributed by atoms with Gasteiger partial charge in [0.05, 0.1) is 16.9 Å². The van der Waals surface area contributed by atoms with Crippen molar-refractivity contribution in [2.75, 3.05) is 26.7 Å². The number of hydrogen-bond donors (Lipinski definition) is 3. The maximum atomic E-state index is 12.7. The molecule has 8 heteroatoms. The van der Waals surface area contributed by atoms with Gasteiger partial charge in [-0.1, -0.05) is 12.1 Å². The maximum absolute atomic E-state index is 12.7. The largest absolute Gasteiger partial charge is 0.456 e. The number of aromatic amines is 1. The van der Waals surface area contributed by atoms with Crippen molar-refractivity contribution in [3.63, 3.8) is 0 Å². The van der Waals surface area contributed by atoms with Crippen LogP contribution in [0.15, 0.2) is 42.7 Å². The summed E-state index contributed by atoms with van der Waals surface area (Å²) in [5.41, 5.74) is 8.04. The number of nitrogens with two attached hydrogens (primary N) is 1. The molecule has 1 fully saturated rings. The molecule has 1 atom stereocenters. The highest BCUT2D eigenvalue weighted by molar-refractivity contribution is 5.88. The molecular formula is C24H28N6O2. The Morgan fingerprint density at radius 2 is 2.09 bits per heavy atom. The third-order valence-electron chi connectivity index (χ3n) is 6.01. The van der Waals surface area contributed by atoms with E-state index >= 15 is 0 Å². The van der Waals surface area contributed by atoms with Crippen LogP contribution >= 0.6 is 0 Å². The number of benzene rings is 1. The molecule has 0 aliphatic carbocycles. The van der Waals surface area contributed by atoms with Crippen LogP contribution in [0, 0.1) is 17.2 Å². The number of fused-ring (bicyclic) bond motifs is 1. The summed E-state index contributed by atoms with van der Waals surface area (Å²) in [4.78, 5) is 22.2. The van der Waals surface area contributed by atoms with Crippen LogP contribution in [0.3, 0.4) is 0 Å². The average Bonchev–Trinajstić information content (AvgIpc) is 3.24. The van der Waals surface area contributed by atoms with Gasteiger partial charge in [-0.3, -0.25) is 4.79 Å². The predicted octanol–water partition coefficient (Wildman–Crippen LogP) is 2.55. The second kappa shape index (κ2) is 9.81. The molecule has 1 aromatic carbocycles. The quantitative estimate of drug-likeness (QED) is 0.528. The van der Waals surface area contributed by atoms with E-state index in [0.717, 1.165) is 31.5 Å². The van der Waals surface area contributed by atoms with Gasteiger partial charge in [0.15, 0.2) is 0 Å². The fourth-order valence-electron chi connectivity index (χ4n) is 4.06. The van der Waals surface area contributed by atoms with E-state index in [-0.39, 0.29) is 17.9 Å². The molecule has 0 saturated carbocycles. The van der Waals surface area contributed by atoms with Crippen molar-refractivity contribution in [1.82, 2.24) is 20.2 Å². The molecule has 0 spiro atoms. The molecule has 3 aromatic rings. The molecule has 3 heterocycles. The molecule has 166 valence electrons. The lowest BCUT2D eigenvalue weighted by Gasteiger charge is -2.30. The van der Waals surface area contributed by atoms with Gasteiger partial charge in [0.25, 0.3) is 0 Å². The van der Waals surface area contributed by atoms with Gasteiger partial charge in [0, 0.05) is 25.0 Å². The fourth-order valence-corrected chi connectivity index (χ4v) is 4.06. The lowest BCUT2D eigenvalue weighted by molar-refractivity contribution is -0.125. The SMILES string of the molecule is CN1CCC(NC(=O)C(CN)Cc2ccc(Oc3ccnc4[nH]cc(C#N)c34)cc2)CC1. The van der Waals surface area contributed by atoms with Crippen LogP contribution in [0.1, 0.15) is 24.0 Å². The van der Waals surface area contributed by atoms with Gasteiger partial charge in [-0.05, 0) is 63.2 Å². The molecule has 1 aliphatic rings. The van der Waals surface area contributed by atoms with E-state index in [0.29, 0.717) is 41.1 Å². The van der Waals surface area contributed by atoms with Gasteiger partial charge in [0.1, 0.15) is 23.2 Å². The number of likely N-dealkylation sites (tertiary alicyclic amines) is 1. The summed E-state index contributed by atoms with van der Waals surface area (Å²) in [6, 6.07) is 11.7. The molecule has 1 unspecified atom stereocenters. The van der Waals surface area contributed by atoms with E-state index in [9.17, 15) is 10.1 Å². The first kappa shape index (κ1) is 21.8. The van der Waals surface area contributed by atoms with E-state index in [4.69, 9.17) is 10.5 Å². The zero-order chi connectivity index (χ0) is 22.5. The number of ether oxygens (including phenoxy) is 1. The topological polar surface area (TPSA) is 120 Å². The van der Waals surface area contributed by atoms with Crippen molar-refractivity contribution < 1.29 is 9.53 Å². The number of nitrogens with one attached hydrogen (secondary N) is 2. The number of amides is 1. The number of carbonyl (C=O) groups excluding carboxylic acids is 1. The molecule has 1 amide bonds. The van der Waals surface area contributed by atoms with Crippen molar-refractivity contribution in [2.45, 2.75) is 25.3 Å². The second-order valence-corrected chi connectivity index (χ2v) is 8.32. The molecule has 32 heavy (non-hydrogen) atoms. The number of pyridine rings is 1. The van der Waals surface area contributed by atoms with Crippen LogP contribution in [0.4, 0.5) is 0 Å². The van der Waals surface area contributed by atoms with Gasteiger partial charge >= 0.3 is 0 Å². The number of nitriles is 1. The summed E-state index contributed by atoms with van der Waals surface area (Å²) in [7, 11) is 2.10. The maximum Gasteiger partial charge on any atom is 0.224 e. The zero-order valence-corrected chi connectivity index (χ0v) is 18.2. The summed E-state index contributed by atoms with van der Waals surface area (Å²) in [6.07, 6.45) is 5.78. The first-order valence-corrected chi connectivity index (χ1v) is 10.9. The van der Waals surface area contributed by atoms with Crippen molar-refractivity contribution in [2.24, 2.45) is 11.7 Å². The number of rotatable bonds is 7. The van der Waals surface area contributed by atoms with Gasteiger partial charge in [-0.2, -0.15) is 5.26 Å². The van der Waals surface area contributed by atoms with Crippen LogP contribution in [0.2, 0.25) is 0 Å². The number of piperidine rings is 1. The summed E-state index contributed by atoms with van der Waals surface area (Å²) < 4.78 is 6.02. The average molecular weight is 433 g/mol.